The van der Waals surface area contributed by atoms with Gasteiger partial charge in [0.15, 0.2) is 0 Å². The van der Waals surface area contributed by atoms with Crippen molar-refractivity contribution < 1.29 is 22.1 Å². The zero-order valence-corrected chi connectivity index (χ0v) is 9.82. The number of rotatable bonds is 4. The molecule has 0 fully saturated rings. The molecule has 0 amide bonds. The van der Waals surface area contributed by atoms with E-state index in [1.165, 1.54) is 0 Å². The molecule has 0 aromatic heterocycles. The molecule has 0 rings (SSSR count). The molecule has 0 aromatic rings. The Hall–Kier alpha value is 0.504. The van der Waals surface area contributed by atoms with Gasteiger partial charge in [-0.2, -0.15) is 0 Å². The van der Waals surface area contributed by atoms with Gasteiger partial charge < -0.3 is 0 Å². The molecule has 3 heteroatoms. The molecule has 0 aliphatic carbocycles. The maximum absolute atomic E-state index is 5.70. The van der Waals surface area contributed by atoms with Gasteiger partial charge in [-0.15, -0.1) is 0 Å². The van der Waals surface area contributed by atoms with Gasteiger partial charge in [0.2, 0.25) is 0 Å². The Morgan fingerprint density at radius 1 is 0.818 bits per heavy atom. The van der Waals surface area contributed by atoms with E-state index in [0.717, 1.165) is 0 Å². The van der Waals surface area contributed by atoms with Gasteiger partial charge in [-0.3, -0.25) is 0 Å². The van der Waals surface area contributed by atoms with Gasteiger partial charge in [0.05, 0.1) is 0 Å². The van der Waals surface area contributed by atoms with E-state index in [4.69, 9.17) is 7.32 Å². The molecule has 0 spiro atoms. The summed E-state index contributed by atoms with van der Waals surface area (Å²) in [5, 5.41) is 0. The van der Waals surface area contributed by atoms with E-state index < -0.39 is 14.7 Å². The quantitative estimate of drug-likeness (QED) is 0.693. The summed E-state index contributed by atoms with van der Waals surface area (Å²) < 4.78 is 11.4. The van der Waals surface area contributed by atoms with Gasteiger partial charge >= 0.3 is 73.2 Å². The van der Waals surface area contributed by atoms with E-state index in [1.807, 2.05) is 27.7 Å². The molecular formula is C8H20O2V. The Kier molecular flexibility index (Phi) is 4.72. The molecule has 0 aromatic carbocycles. The first-order valence-corrected chi connectivity index (χ1v) is 7.97. The summed E-state index contributed by atoms with van der Waals surface area (Å²) in [5.41, 5.74) is 4.22. The van der Waals surface area contributed by atoms with Gasteiger partial charge in [-0.1, -0.05) is 0 Å². The molecule has 0 N–H and O–H groups in total. The van der Waals surface area contributed by atoms with E-state index in [1.54, 1.807) is 0 Å². The van der Waals surface area contributed by atoms with E-state index in [-0.39, 0.29) is 12.2 Å². The average Bonchev–Trinajstić information content (AvgIpc) is 1.53. The van der Waals surface area contributed by atoms with Gasteiger partial charge in [0.25, 0.3) is 0 Å². The van der Waals surface area contributed by atoms with Gasteiger partial charge in [0, 0.05) is 0 Å². The van der Waals surface area contributed by atoms with Crippen LogP contribution < -0.4 is 0 Å². The van der Waals surface area contributed by atoms with Crippen LogP contribution in [0.25, 0.3) is 0 Å². The van der Waals surface area contributed by atoms with Crippen LogP contribution in [-0.4, -0.2) is 12.2 Å². The Bertz CT molecular complexity index is 98.7. The topological polar surface area (TPSA) is 18.5 Å². The van der Waals surface area contributed by atoms with Crippen molar-refractivity contribution in [2.75, 3.05) is 0 Å². The van der Waals surface area contributed by atoms with Crippen molar-refractivity contribution in [3.8, 4) is 0 Å². The monoisotopic (exact) mass is 199 g/mol. The van der Waals surface area contributed by atoms with Gasteiger partial charge in [-0.05, 0) is 0 Å². The van der Waals surface area contributed by atoms with Crippen molar-refractivity contribution in [2.24, 2.45) is 0 Å². The third kappa shape index (κ3) is 6.89. The summed E-state index contributed by atoms with van der Waals surface area (Å²) in [4.78, 5) is 0. The minimum absolute atomic E-state index is 0.288. The van der Waals surface area contributed by atoms with Crippen LogP contribution in [0.3, 0.4) is 0 Å². The molecule has 0 atom stereocenters. The first-order chi connectivity index (χ1) is 4.83. The van der Waals surface area contributed by atoms with Crippen LogP contribution in [-0.2, 0) is 22.1 Å². The number of hydrogen-bond donors (Lipinski definition) is 0. The standard InChI is InChI=1S/2C3H7O.2CH3.V/c2*1-3(2)4;;;/h2*3H,1-2H3;2*1H3;/q2*-1;;;+2. The Balaban J connectivity index is 3.79. The van der Waals surface area contributed by atoms with Crippen molar-refractivity contribution in [1.29, 1.82) is 0 Å². The second-order valence-electron chi connectivity index (χ2n) is 3.56. The number of hydrogen-bond acceptors (Lipinski definition) is 2. The Labute approximate surface area is 73.6 Å². The Morgan fingerprint density at radius 3 is 1.27 bits per heavy atom. The summed E-state index contributed by atoms with van der Waals surface area (Å²) in [6.07, 6.45) is 0.576. The third-order valence-corrected chi connectivity index (χ3v) is 3.83. The van der Waals surface area contributed by atoms with E-state index >= 15 is 0 Å². The van der Waals surface area contributed by atoms with Crippen LogP contribution in [0.5, 0.6) is 0 Å². The van der Waals surface area contributed by atoms with Gasteiger partial charge in [0.1, 0.15) is 0 Å². The summed E-state index contributed by atoms with van der Waals surface area (Å²) >= 11 is -2.16. The molecule has 2 nitrogen and oxygen atoms in total. The van der Waals surface area contributed by atoms with Crippen LogP contribution in [0.4, 0.5) is 0 Å². The Morgan fingerprint density at radius 2 is 1.09 bits per heavy atom. The molecule has 0 bridgehead atoms. The minimum atomic E-state index is -2.16. The first kappa shape index (κ1) is 11.5. The van der Waals surface area contributed by atoms with Crippen molar-refractivity contribution >= 4 is 0 Å². The summed E-state index contributed by atoms with van der Waals surface area (Å²) in [6.45, 7) is 8.19. The molecule has 0 aliphatic rings. The van der Waals surface area contributed by atoms with E-state index in [0.29, 0.717) is 0 Å². The predicted octanol–water partition coefficient (Wildman–Crippen LogP) is 2.92. The van der Waals surface area contributed by atoms with Crippen molar-refractivity contribution in [3.63, 3.8) is 0 Å². The van der Waals surface area contributed by atoms with Crippen LogP contribution >= 0.6 is 0 Å². The first-order valence-electron chi connectivity index (χ1n) is 4.04. The normalized spacial score (nSPS) is 13.1. The van der Waals surface area contributed by atoms with Crippen LogP contribution in [0.15, 0.2) is 0 Å². The van der Waals surface area contributed by atoms with E-state index in [9.17, 15) is 0 Å². The molecule has 0 unspecified atom stereocenters. The summed E-state index contributed by atoms with van der Waals surface area (Å²) in [7, 11) is 0. The molecular weight excluding hydrogens is 179 g/mol. The SMILES string of the molecule is CC(C)[O][V]([CH3])([CH3])[O]C(C)C. The van der Waals surface area contributed by atoms with Crippen LogP contribution in [0, 0.1) is 0 Å². The molecule has 0 saturated carbocycles. The third-order valence-electron chi connectivity index (χ3n) is 0.929. The fourth-order valence-corrected chi connectivity index (χ4v) is 4.29. The molecule has 0 saturated heterocycles. The second kappa shape index (κ2) is 4.51. The van der Waals surface area contributed by atoms with Crippen molar-refractivity contribution in [1.82, 2.24) is 0 Å². The van der Waals surface area contributed by atoms with Gasteiger partial charge in [-0.25, -0.2) is 0 Å². The molecule has 0 aliphatic heterocycles. The maximum atomic E-state index is 5.70. The average molecular weight is 199 g/mol. The zero-order chi connectivity index (χ0) is 9.07. The van der Waals surface area contributed by atoms with Crippen molar-refractivity contribution in [3.05, 3.63) is 0 Å². The van der Waals surface area contributed by atoms with Crippen LogP contribution in [0.1, 0.15) is 27.7 Å². The molecule has 0 heterocycles. The van der Waals surface area contributed by atoms with Crippen LogP contribution in [0.2, 0.25) is 11.3 Å². The fourth-order valence-electron chi connectivity index (χ4n) is 1.04. The molecule has 11 heavy (non-hydrogen) atoms. The molecule has 0 radical (unpaired) electrons. The second-order valence-corrected chi connectivity index (χ2v) is 8.13. The van der Waals surface area contributed by atoms with Crippen molar-refractivity contribution in [2.45, 2.75) is 51.2 Å². The molecule has 69 valence electrons. The fraction of sp³-hybridized carbons (Fsp3) is 1.00. The van der Waals surface area contributed by atoms with E-state index in [2.05, 4.69) is 11.3 Å². The zero-order valence-electron chi connectivity index (χ0n) is 8.42. The summed E-state index contributed by atoms with van der Waals surface area (Å²) in [6, 6.07) is 0. The summed E-state index contributed by atoms with van der Waals surface area (Å²) in [5.74, 6) is 0. The predicted molar refractivity (Wildman–Crippen MR) is 44.2 cm³/mol.